The first kappa shape index (κ1) is 4.34. The molecular formula is C3H3ClNS. The first-order valence-corrected chi connectivity index (χ1v) is 2.81. The first-order chi connectivity index (χ1) is 2.89. The number of thioether (sulfide) groups is 1. The quantitative estimate of drug-likeness (QED) is 0.486. The van der Waals surface area contributed by atoms with Gasteiger partial charge in [0.1, 0.15) is 11.0 Å². The highest BCUT2D eigenvalue weighted by Crippen LogP contribution is 2.17. The zero-order valence-electron chi connectivity index (χ0n) is 2.94. The third kappa shape index (κ3) is 0.820. The minimum atomic E-state index is 0.708. The van der Waals surface area contributed by atoms with Crippen LogP contribution in [-0.4, -0.2) is 0 Å². The second-order valence-electron chi connectivity index (χ2n) is 0.864. The van der Waals surface area contributed by atoms with Crippen molar-refractivity contribution in [1.82, 2.24) is 5.32 Å². The van der Waals surface area contributed by atoms with Crippen LogP contribution in [-0.2, 0) is 0 Å². The molecule has 0 aromatic carbocycles. The van der Waals surface area contributed by atoms with E-state index in [1.807, 2.05) is 11.3 Å². The molecule has 1 rings (SSSR count). The summed E-state index contributed by atoms with van der Waals surface area (Å²) in [6.45, 7) is 0. The molecule has 0 unspecified atom stereocenters. The van der Waals surface area contributed by atoms with Gasteiger partial charge >= 0.3 is 0 Å². The summed E-state index contributed by atoms with van der Waals surface area (Å²) in [6.07, 6.45) is 0. The summed E-state index contributed by atoms with van der Waals surface area (Å²) < 4.78 is 0. The molecule has 1 aliphatic heterocycles. The van der Waals surface area contributed by atoms with E-state index in [4.69, 9.17) is 11.6 Å². The first-order valence-electron chi connectivity index (χ1n) is 1.49. The molecule has 0 aromatic rings. The molecule has 3 heteroatoms. The lowest BCUT2D eigenvalue weighted by molar-refractivity contribution is 1.16. The van der Waals surface area contributed by atoms with Crippen LogP contribution in [0.15, 0.2) is 10.6 Å². The second-order valence-corrected chi connectivity index (χ2v) is 2.01. The van der Waals surface area contributed by atoms with E-state index in [2.05, 4.69) is 5.32 Å². The fourth-order valence-corrected chi connectivity index (χ4v) is 0.942. The average molecular weight is 121 g/mol. The molecule has 0 fully saturated rings. The van der Waals surface area contributed by atoms with Crippen molar-refractivity contribution in [3.63, 3.8) is 0 Å². The summed E-state index contributed by atoms with van der Waals surface area (Å²) in [5.41, 5.74) is 0. The minimum absolute atomic E-state index is 0.708. The normalized spacial score (nSPS) is 19.8. The molecule has 0 bridgehead atoms. The van der Waals surface area contributed by atoms with Crippen LogP contribution in [0.5, 0.6) is 0 Å². The van der Waals surface area contributed by atoms with Crippen LogP contribution in [0.4, 0.5) is 0 Å². The van der Waals surface area contributed by atoms with Crippen molar-refractivity contribution in [3.05, 3.63) is 16.4 Å². The molecule has 0 saturated heterocycles. The molecule has 0 atom stereocenters. The Balaban J connectivity index is 2.45. The van der Waals surface area contributed by atoms with Crippen molar-refractivity contribution in [2.24, 2.45) is 0 Å². The van der Waals surface area contributed by atoms with E-state index >= 15 is 0 Å². The van der Waals surface area contributed by atoms with Crippen molar-refractivity contribution < 1.29 is 0 Å². The largest absolute Gasteiger partial charge is 0.361 e. The zero-order valence-corrected chi connectivity index (χ0v) is 4.51. The van der Waals surface area contributed by atoms with E-state index in [0.717, 1.165) is 0 Å². The van der Waals surface area contributed by atoms with Crippen molar-refractivity contribution in [2.45, 2.75) is 0 Å². The lowest BCUT2D eigenvalue weighted by Gasteiger charge is -1.83. The Hall–Kier alpha value is 0.180. The van der Waals surface area contributed by atoms with E-state index < -0.39 is 0 Å². The highest BCUT2D eigenvalue weighted by Gasteiger charge is 1.96. The van der Waals surface area contributed by atoms with Gasteiger partial charge in [-0.25, -0.2) is 0 Å². The molecular weight excluding hydrogens is 118 g/mol. The Morgan fingerprint density at radius 2 is 2.67 bits per heavy atom. The van der Waals surface area contributed by atoms with Gasteiger partial charge < -0.3 is 5.32 Å². The molecule has 1 heterocycles. The average Bonchev–Trinajstić information content (AvgIpc) is 1.86. The molecule has 0 aliphatic carbocycles. The number of nitrogens with one attached hydrogen (secondary N) is 1. The minimum Gasteiger partial charge on any atom is -0.361 e. The van der Waals surface area contributed by atoms with E-state index in [1.165, 1.54) is 0 Å². The molecule has 0 spiro atoms. The van der Waals surface area contributed by atoms with Crippen molar-refractivity contribution >= 4 is 23.4 Å². The molecule has 1 radical (unpaired) electrons. The van der Waals surface area contributed by atoms with Gasteiger partial charge in [0, 0.05) is 5.41 Å². The van der Waals surface area contributed by atoms with E-state index in [-0.39, 0.29) is 0 Å². The van der Waals surface area contributed by atoms with E-state index in [1.54, 1.807) is 11.8 Å². The van der Waals surface area contributed by atoms with Gasteiger partial charge in [-0.15, -0.1) is 11.8 Å². The summed E-state index contributed by atoms with van der Waals surface area (Å²) in [6, 6.07) is 0. The Kier molecular flexibility index (Phi) is 1.27. The summed E-state index contributed by atoms with van der Waals surface area (Å²) in [5, 5.41) is 5.33. The SMILES string of the molecule is ClC1=CS[CH]N1. The standard InChI is InChI=1S/C3H3ClNS/c4-3-1-6-2-5-3/h1-2,5H. The molecule has 1 aliphatic rings. The van der Waals surface area contributed by atoms with Gasteiger partial charge in [0.2, 0.25) is 0 Å². The molecule has 0 saturated carbocycles. The molecule has 0 aromatic heterocycles. The number of halogens is 1. The maximum absolute atomic E-state index is 5.41. The Morgan fingerprint density at radius 3 is 2.83 bits per heavy atom. The lowest BCUT2D eigenvalue weighted by Crippen LogP contribution is -1.93. The second kappa shape index (κ2) is 1.76. The summed E-state index contributed by atoms with van der Waals surface area (Å²) in [5.74, 6) is 1.82. The maximum Gasteiger partial charge on any atom is 0.109 e. The third-order valence-corrected chi connectivity index (χ3v) is 1.41. The summed E-state index contributed by atoms with van der Waals surface area (Å²) >= 11 is 6.96. The van der Waals surface area contributed by atoms with Crippen LogP contribution in [0.25, 0.3) is 0 Å². The summed E-state index contributed by atoms with van der Waals surface area (Å²) in [7, 11) is 0. The topological polar surface area (TPSA) is 12.0 Å². The van der Waals surface area contributed by atoms with Crippen molar-refractivity contribution in [2.75, 3.05) is 0 Å². The number of hydrogen-bond donors (Lipinski definition) is 1. The molecule has 1 nitrogen and oxygen atoms in total. The molecule has 1 N–H and O–H groups in total. The van der Waals surface area contributed by atoms with Crippen molar-refractivity contribution in [3.8, 4) is 0 Å². The van der Waals surface area contributed by atoms with Gasteiger partial charge in [-0.3, -0.25) is 0 Å². The van der Waals surface area contributed by atoms with Gasteiger partial charge in [0.05, 0.1) is 0 Å². The lowest BCUT2D eigenvalue weighted by atomic mass is 11.0. The van der Waals surface area contributed by atoms with Gasteiger partial charge in [0.15, 0.2) is 0 Å². The molecule has 0 amide bonds. The van der Waals surface area contributed by atoms with E-state index in [9.17, 15) is 0 Å². The highest BCUT2D eigenvalue weighted by atomic mass is 35.5. The van der Waals surface area contributed by atoms with Gasteiger partial charge in [0.25, 0.3) is 0 Å². The Bertz CT molecular complexity index is 80.9. The van der Waals surface area contributed by atoms with Crippen LogP contribution < -0.4 is 5.32 Å². The fraction of sp³-hybridized carbons (Fsp3) is 0. The number of hydrogen-bond acceptors (Lipinski definition) is 2. The smallest absolute Gasteiger partial charge is 0.109 e. The van der Waals surface area contributed by atoms with Gasteiger partial charge in [-0.05, 0) is 0 Å². The summed E-state index contributed by atoms with van der Waals surface area (Å²) in [4.78, 5) is 0. The van der Waals surface area contributed by atoms with Crippen LogP contribution in [0.1, 0.15) is 0 Å². The predicted octanol–water partition coefficient (Wildman–Crippen LogP) is 1.48. The van der Waals surface area contributed by atoms with Crippen LogP contribution in [0.2, 0.25) is 0 Å². The molecule has 6 heavy (non-hydrogen) atoms. The van der Waals surface area contributed by atoms with Crippen LogP contribution >= 0.6 is 23.4 Å². The zero-order chi connectivity index (χ0) is 4.41. The molecule has 33 valence electrons. The van der Waals surface area contributed by atoms with Gasteiger partial charge in [-0.1, -0.05) is 11.6 Å². The van der Waals surface area contributed by atoms with Crippen LogP contribution in [0.3, 0.4) is 0 Å². The fourth-order valence-electron chi connectivity index (χ4n) is 0.218. The van der Waals surface area contributed by atoms with Crippen molar-refractivity contribution in [1.29, 1.82) is 0 Å². The maximum atomic E-state index is 5.41. The van der Waals surface area contributed by atoms with E-state index in [0.29, 0.717) is 5.16 Å². The number of rotatable bonds is 0. The highest BCUT2D eigenvalue weighted by molar-refractivity contribution is 8.04. The Morgan fingerprint density at radius 1 is 1.83 bits per heavy atom. The third-order valence-electron chi connectivity index (χ3n) is 0.436. The Labute approximate surface area is 45.7 Å². The van der Waals surface area contributed by atoms with Gasteiger partial charge in [-0.2, -0.15) is 0 Å². The monoisotopic (exact) mass is 120 g/mol. The van der Waals surface area contributed by atoms with Crippen LogP contribution in [0, 0.1) is 5.88 Å². The predicted molar refractivity (Wildman–Crippen MR) is 29.0 cm³/mol.